The van der Waals surface area contributed by atoms with E-state index in [2.05, 4.69) is 15.9 Å². The molecule has 1 aromatic rings. The van der Waals surface area contributed by atoms with Crippen molar-refractivity contribution in [3.63, 3.8) is 0 Å². The molecule has 0 aliphatic carbocycles. The Morgan fingerprint density at radius 3 is 2.86 bits per heavy atom. The number of unbranched alkanes of at least 4 members (excludes halogenated alkanes) is 1. The quantitative estimate of drug-likeness (QED) is 0.573. The van der Waals surface area contributed by atoms with E-state index in [1.54, 1.807) is 18.2 Å². The van der Waals surface area contributed by atoms with Gasteiger partial charge in [0.15, 0.2) is 4.67 Å². The van der Waals surface area contributed by atoms with Gasteiger partial charge in [0.25, 0.3) is 5.91 Å². The molecular formula is C14H14BrNO4S2. The van der Waals surface area contributed by atoms with E-state index < -0.39 is 12.0 Å². The van der Waals surface area contributed by atoms with Crippen LogP contribution in [0.25, 0.3) is 6.08 Å². The molecule has 1 amide bonds. The Hall–Kier alpha value is -1.12. The average Bonchev–Trinajstić information content (AvgIpc) is 2.97. The number of hydrogen-bond acceptors (Lipinski definition) is 5. The molecule has 2 rings (SSSR count). The second-order valence-electron chi connectivity index (χ2n) is 4.69. The number of nitrogens with zero attached hydrogens (tertiary/aromatic N) is 1. The van der Waals surface area contributed by atoms with Crippen LogP contribution >= 0.6 is 39.9 Å². The van der Waals surface area contributed by atoms with Crippen LogP contribution in [0.4, 0.5) is 0 Å². The number of thiocarbonyl (C=S) groups is 1. The summed E-state index contributed by atoms with van der Waals surface area (Å²) < 4.78 is 6.16. The van der Waals surface area contributed by atoms with Gasteiger partial charge in [0, 0.05) is 6.08 Å². The molecule has 1 aliphatic heterocycles. The Morgan fingerprint density at radius 1 is 1.59 bits per heavy atom. The van der Waals surface area contributed by atoms with Crippen molar-refractivity contribution in [3.8, 4) is 0 Å². The van der Waals surface area contributed by atoms with Gasteiger partial charge < -0.3 is 9.52 Å². The van der Waals surface area contributed by atoms with E-state index in [9.17, 15) is 14.7 Å². The van der Waals surface area contributed by atoms with E-state index in [1.807, 2.05) is 6.92 Å². The number of carbonyl (C=O) groups excluding carboxylic acids is 1. The highest BCUT2D eigenvalue weighted by Crippen LogP contribution is 2.35. The molecule has 1 saturated heterocycles. The maximum atomic E-state index is 12.5. The van der Waals surface area contributed by atoms with Crippen LogP contribution in [0, 0.1) is 0 Å². The van der Waals surface area contributed by atoms with Gasteiger partial charge >= 0.3 is 5.97 Å². The van der Waals surface area contributed by atoms with Gasteiger partial charge in [-0.1, -0.05) is 43.7 Å². The standard InChI is InChI=1S/C14H14BrNO4S2/c1-2-3-4-9(13(18)19)16-12(17)10(22-14(16)21)7-8-5-6-11(15)20-8/h5-7,9H,2-4H2,1H3,(H,18,19)/b10-7+/t9-/m0/s1. The number of halogens is 1. The summed E-state index contributed by atoms with van der Waals surface area (Å²) in [6.07, 6.45) is 3.54. The van der Waals surface area contributed by atoms with Gasteiger partial charge in [0.05, 0.1) is 4.91 Å². The highest BCUT2D eigenvalue weighted by molar-refractivity contribution is 9.10. The van der Waals surface area contributed by atoms with Crippen molar-refractivity contribution < 1.29 is 19.1 Å². The van der Waals surface area contributed by atoms with Gasteiger partial charge in [-0.05, 0) is 34.5 Å². The normalized spacial score (nSPS) is 18.3. The van der Waals surface area contributed by atoms with Crippen LogP contribution in [0.1, 0.15) is 31.9 Å². The van der Waals surface area contributed by atoms with Crippen molar-refractivity contribution >= 4 is 62.2 Å². The Labute approximate surface area is 145 Å². The van der Waals surface area contributed by atoms with Crippen LogP contribution < -0.4 is 0 Å². The molecule has 0 aromatic carbocycles. The fourth-order valence-corrected chi connectivity index (χ4v) is 3.70. The topological polar surface area (TPSA) is 70.8 Å². The molecule has 5 nitrogen and oxygen atoms in total. The van der Waals surface area contributed by atoms with E-state index in [0.29, 0.717) is 21.8 Å². The van der Waals surface area contributed by atoms with E-state index >= 15 is 0 Å². The monoisotopic (exact) mass is 403 g/mol. The third kappa shape index (κ3) is 3.80. The zero-order valence-electron chi connectivity index (χ0n) is 11.7. The van der Waals surface area contributed by atoms with Gasteiger partial charge in [-0.3, -0.25) is 9.69 Å². The molecule has 0 saturated carbocycles. The largest absolute Gasteiger partial charge is 0.480 e. The summed E-state index contributed by atoms with van der Waals surface area (Å²) in [4.78, 5) is 25.5. The van der Waals surface area contributed by atoms with Crippen LogP contribution in [-0.2, 0) is 9.59 Å². The molecule has 1 atom stereocenters. The molecule has 1 aliphatic rings. The molecule has 118 valence electrons. The summed E-state index contributed by atoms with van der Waals surface area (Å²) in [5.74, 6) is -0.912. The fraction of sp³-hybridized carbons (Fsp3) is 0.357. The van der Waals surface area contributed by atoms with Gasteiger partial charge in [-0.15, -0.1) is 0 Å². The minimum absolute atomic E-state index is 0.269. The van der Waals surface area contributed by atoms with Gasteiger partial charge in [-0.25, -0.2) is 4.79 Å². The van der Waals surface area contributed by atoms with Crippen LogP contribution in [0.2, 0.25) is 0 Å². The van der Waals surface area contributed by atoms with Crippen molar-refractivity contribution in [1.29, 1.82) is 0 Å². The Kier molecular flexibility index (Phi) is 5.82. The van der Waals surface area contributed by atoms with Crippen molar-refractivity contribution in [2.75, 3.05) is 0 Å². The first-order valence-electron chi connectivity index (χ1n) is 6.69. The number of carboxylic acids is 1. The highest BCUT2D eigenvalue weighted by atomic mass is 79.9. The van der Waals surface area contributed by atoms with Crippen molar-refractivity contribution in [2.45, 2.75) is 32.2 Å². The number of carbonyl (C=O) groups is 2. The zero-order chi connectivity index (χ0) is 16.3. The van der Waals surface area contributed by atoms with E-state index in [1.165, 1.54) is 4.90 Å². The molecule has 1 fully saturated rings. The van der Waals surface area contributed by atoms with Crippen LogP contribution in [0.3, 0.4) is 0 Å². The predicted octanol–water partition coefficient (Wildman–Crippen LogP) is 3.89. The van der Waals surface area contributed by atoms with Crippen molar-refractivity contribution in [3.05, 3.63) is 27.5 Å². The number of aliphatic carboxylic acids is 1. The van der Waals surface area contributed by atoms with Crippen LogP contribution in [0.15, 0.2) is 26.1 Å². The summed E-state index contributed by atoms with van der Waals surface area (Å²) in [6, 6.07) is 2.51. The van der Waals surface area contributed by atoms with E-state index in [4.69, 9.17) is 16.6 Å². The van der Waals surface area contributed by atoms with Crippen LogP contribution in [0.5, 0.6) is 0 Å². The Balaban J connectivity index is 2.23. The second kappa shape index (κ2) is 7.43. The first-order chi connectivity index (χ1) is 10.4. The molecule has 0 radical (unpaired) electrons. The molecular weight excluding hydrogens is 390 g/mol. The minimum Gasteiger partial charge on any atom is -0.480 e. The van der Waals surface area contributed by atoms with Gasteiger partial charge in [0.2, 0.25) is 0 Å². The lowest BCUT2D eigenvalue weighted by molar-refractivity contribution is -0.145. The SMILES string of the molecule is CCCC[C@@H](C(=O)O)N1C(=O)/C(=C\c2ccc(Br)o2)SC1=S. The Bertz CT molecular complexity index is 641. The maximum absolute atomic E-state index is 12.5. The Morgan fingerprint density at radius 2 is 2.32 bits per heavy atom. The fourth-order valence-electron chi connectivity index (χ4n) is 2.04. The molecule has 0 spiro atoms. The average molecular weight is 404 g/mol. The molecule has 1 aromatic heterocycles. The summed E-state index contributed by atoms with van der Waals surface area (Å²) in [5, 5.41) is 9.37. The third-order valence-electron chi connectivity index (χ3n) is 3.12. The van der Waals surface area contributed by atoms with Crippen LogP contribution in [-0.4, -0.2) is 32.2 Å². The molecule has 2 heterocycles. The number of furan rings is 1. The van der Waals surface area contributed by atoms with E-state index in [0.717, 1.165) is 24.6 Å². The first-order valence-corrected chi connectivity index (χ1v) is 8.71. The highest BCUT2D eigenvalue weighted by Gasteiger charge is 2.40. The third-order valence-corrected chi connectivity index (χ3v) is 4.88. The smallest absolute Gasteiger partial charge is 0.326 e. The lowest BCUT2D eigenvalue weighted by Crippen LogP contribution is -2.43. The lowest BCUT2D eigenvalue weighted by Gasteiger charge is -2.22. The number of hydrogen-bond donors (Lipinski definition) is 1. The minimum atomic E-state index is -1.04. The number of thioether (sulfide) groups is 1. The lowest BCUT2D eigenvalue weighted by atomic mass is 10.1. The maximum Gasteiger partial charge on any atom is 0.326 e. The summed E-state index contributed by atoms with van der Waals surface area (Å²) in [6.45, 7) is 1.97. The van der Waals surface area contributed by atoms with Crippen molar-refractivity contribution in [1.82, 2.24) is 4.90 Å². The zero-order valence-corrected chi connectivity index (χ0v) is 15.0. The van der Waals surface area contributed by atoms with Crippen molar-refractivity contribution in [2.24, 2.45) is 0 Å². The van der Waals surface area contributed by atoms with Gasteiger partial charge in [0.1, 0.15) is 16.1 Å². The molecule has 22 heavy (non-hydrogen) atoms. The molecule has 0 unspecified atom stereocenters. The second-order valence-corrected chi connectivity index (χ2v) is 7.15. The summed E-state index contributed by atoms with van der Waals surface area (Å²) in [5.41, 5.74) is 0. The predicted molar refractivity (Wildman–Crippen MR) is 92.4 cm³/mol. The number of carboxylic acid groups (broad SMARTS) is 1. The summed E-state index contributed by atoms with van der Waals surface area (Å²) in [7, 11) is 0. The van der Waals surface area contributed by atoms with Gasteiger partial charge in [-0.2, -0.15) is 0 Å². The first kappa shape index (κ1) is 17.2. The summed E-state index contributed by atoms with van der Waals surface area (Å²) >= 11 is 9.47. The number of amides is 1. The van der Waals surface area contributed by atoms with E-state index in [-0.39, 0.29) is 10.2 Å². The number of rotatable bonds is 6. The molecule has 1 N–H and O–H groups in total. The molecule has 8 heteroatoms. The molecule has 0 bridgehead atoms.